The van der Waals surface area contributed by atoms with E-state index in [2.05, 4.69) is 5.32 Å². The van der Waals surface area contributed by atoms with Crippen LogP contribution < -0.4 is 14.8 Å². The molecule has 0 fully saturated rings. The molecule has 0 unspecified atom stereocenters. The van der Waals surface area contributed by atoms with E-state index >= 15 is 0 Å². The number of fused-ring (bicyclic) bond motifs is 1. The SMILES string of the molecule is CCCN(CC(=O)Nc1ccc2c(c1)OCCO2)S(C)(=O)=O. The molecule has 1 amide bonds. The lowest BCUT2D eigenvalue weighted by atomic mass is 10.2. The normalized spacial score (nSPS) is 14.0. The maximum atomic E-state index is 12.0. The lowest BCUT2D eigenvalue weighted by Crippen LogP contribution is -2.37. The fraction of sp³-hybridized carbons (Fsp3) is 0.500. The molecule has 1 N–H and O–H groups in total. The van der Waals surface area contributed by atoms with Crippen LogP contribution in [0.3, 0.4) is 0 Å². The highest BCUT2D eigenvalue weighted by molar-refractivity contribution is 7.88. The van der Waals surface area contributed by atoms with Crippen molar-refractivity contribution in [3.63, 3.8) is 0 Å². The molecule has 1 aromatic rings. The van der Waals surface area contributed by atoms with Gasteiger partial charge in [0.1, 0.15) is 13.2 Å². The number of ether oxygens (including phenoxy) is 2. The number of hydrogen-bond donors (Lipinski definition) is 1. The van der Waals surface area contributed by atoms with Gasteiger partial charge in [-0.3, -0.25) is 4.79 Å². The number of rotatable bonds is 6. The maximum absolute atomic E-state index is 12.0. The molecule has 0 radical (unpaired) electrons. The number of hydrogen-bond acceptors (Lipinski definition) is 5. The van der Waals surface area contributed by atoms with E-state index in [0.717, 1.165) is 10.6 Å². The van der Waals surface area contributed by atoms with Gasteiger partial charge < -0.3 is 14.8 Å². The molecule has 22 heavy (non-hydrogen) atoms. The average Bonchev–Trinajstić information content (AvgIpc) is 2.45. The monoisotopic (exact) mass is 328 g/mol. The Morgan fingerprint density at radius 3 is 2.59 bits per heavy atom. The van der Waals surface area contributed by atoms with Gasteiger partial charge >= 0.3 is 0 Å². The van der Waals surface area contributed by atoms with Gasteiger partial charge in [0, 0.05) is 18.3 Å². The highest BCUT2D eigenvalue weighted by Crippen LogP contribution is 2.32. The largest absolute Gasteiger partial charge is 0.486 e. The molecule has 122 valence electrons. The number of benzene rings is 1. The predicted molar refractivity (Wildman–Crippen MR) is 82.8 cm³/mol. The summed E-state index contributed by atoms with van der Waals surface area (Å²) in [5, 5.41) is 2.67. The highest BCUT2D eigenvalue weighted by atomic mass is 32.2. The second-order valence-electron chi connectivity index (χ2n) is 5.00. The Hall–Kier alpha value is -1.80. The van der Waals surface area contributed by atoms with Crippen molar-refractivity contribution in [3.8, 4) is 11.5 Å². The summed E-state index contributed by atoms with van der Waals surface area (Å²) in [4.78, 5) is 12.0. The summed E-state index contributed by atoms with van der Waals surface area (Å²) in [6.07, 6.45) is 1.74. The van der Waals surface area contributed by atoms with E-state index in [4.69, 9.17) is 9.47 Å². The van der Waals surface area contributed by atoms with Crippen LogP contribution in [0.2, 0.25) is 0 Å². The zero-order valence-corrected chi connectivity index (χ0v) is 13.5. The summed E-state index contributed by atoms with van der Waals surface area (Å²) in [6.45, 7) is 2.92. The Morgan fingerprint density at radius 1 is 1.27 bits per heavy atom. The molecule has 1 aliphatic rings. The number of nitrogens with zero attached hydrogens (tertiary/aromatic N) is 1. The Labute approximate surface area is 130 Å². The van der Waals surface area contributed by atoms with Gasteiger partial charge in [0.05, 0.1) is 12.8 Å². The minimum absolute atomic E-state index is 0.207. The van der Waals surface area contributed by atoms with Gasteiger partial charge in [-0.2, -0.15) is 4.31 Å². The van der Waals surface area contributed by atoms with E-state index in [9.17, 15) is 13.2 Å². The summed E-state index contributed by atoms with van der Waals surface area (Å²) in [5.41, 5.74) is 0.541. The van der Waals surface area contributed by atoms with E-state index in [-0.39, 0.29) is 6.54 Å². The fourth-order valence-electron chi connectivity index (χ4n) is 2.09. The first-order valence-corrected chi connectivity index (χ1v) is 8.89. The molecule has 7 nitrogen and oxygen atoms in total. The number of nitrogens with one attached hydrogen (secondary N) is 1. The van der Waals surface area contributed by atoms with Crippen LogP contribution in [0, 0.1) is 0 Å². The average molecular weight is 328 g/mol. The number of amides is 1. The second-order valence-corrected chi connectivity index (χ2v) is 6.99. The van der Waals surface area contributed by atoms with Gasteiger partial charge in [-0.25, -0.2) is 8.42 Å². The second kappa shape index (κ2) is 6.97. The Kier molecular flexibility index (Phi) is 5.25. The van der Waals surface area contributed by atoms with Crippen LogP contribution in [0.1, 0.15) is 13.3 Å². The smallest absolute Gasteiger partial charge is 0.239 e. The quantitative estimate of drug-likeness (QED) is 0.844. The molecule has 0 spiro atoms. The Balaban J connectivity index is 2.02. The molecule has 0 bridgehead atoms. The van der Waals surface area contributed by atoms with E-state index in [1.165, 1.54) is 0 Å². The Bertz CT molecular complexity index is 645. The third-order valence-corrected chi connectivity index (χ3v) is 4.34. The zero-order chi connectivity index (χ0) is 16.2. The van der Waals surface area contributed by atoms with E-state index < -0.39 is 15.9 Å². The zero-order valence-electron chi connectivity index (χ0n) is 12.7. The van der Waals surface area contributed by atoms with Crippen molar-refractivity contribution >= 4 is 21.6 Å². The van der Waals surface area contributed by atoms with Gasteiger partial charge in [0.15, 0.2) is 11.5 Å². The minimum Gasteiger partial charge on any atom is -0.486 e. The molecule has 0 saturated heterocycles. The van der Waals surface area contributed by atoms with Crippen molar-refractivity contribution in [2.75, 3.05) is 37.9 Å². The number of anilines is 1. The molecule has 2 rings (SSSR count). The number of sulfonamides is 1. The van der Waals surface area contributed by atoms with Crippen LogP contribution in [-0.4, -0.2) is 51.2 Å². The van der Waals surface area contributed by atoms with Gasteiger partial charge in [-0.1, -0.05) is 6.92 Å². The third-order valence-electron chi connectivity index (χ3n) is 3.09. The van der Waals surface area contributed by atoms with Gasteiger partial charge in [-0.05, 0) is 18.6 Å². The Morgan fingerprint density at radius 2 is 1.95 bits per heavy atom. The molecule has 1 heterocycles. The van der Waals surface area contributed by atoms with Gasteiger partial charge in [0.2, 0.25) is 15.9 Å². The van der Waals surface area contributed by atoms with E-state index in [1.54, 1.807) is 18.2 Å². The molecule has 1 aliphatic heterocycles. The minimum atomic E-state index is -3.40. The summed E-state index contributed by atoms with van der Waals surface area (Å²) in [5.74, 6) is 0.807. The number of carbonyl (C=O) groups excluding carboxylic acids is 1. The standard InChI is InChI=1S/C14H20N2O5S/c1-3-6-16(22(2,18)19)10-14(17)15-11-4-5-12-13(9-11)21-8-7-20-12/h4-5,9H,3,6-8,10H2,1-2H3,(H,15,17). The third kappa shape index (κ3) is 4.35. The molecule has 8 heteroatoms. The fourth-order valence-corrected chi connectivity index (χ4v) is 2.96. The highest BCUT2D eigenvalue weighted by Gasteiger charge is 2.19. The summed E-state index contributed by atoms with van der Waals surface area (Å²) < 4.78 is 35.2. The van der Waals surface area contributed by atoms with Crippen molar-refractivity contribution in [1.29, 1.82) is 0 Å². The van der Waals surface area contributed by atoms with Crippen LogP contribution in [0.5, 0.6) is 11.5 Å². The first kappa shape index (κ1) is 16.6. The summed E-state index contributed by atoms with van der Waals surface area (Å²) in [6, 6.07) is 5.07. The van der Waals surface area contributed by atoms with Gasteiger partial charge in [0.25, 0.3) is 0 Å². The maximum Gasteiger partial charge on any atom is 0.239 e. The van der Waals surface area contributed by atoms with E-state index in [0.29, 0.717) is 43.4 Å². The summed E-state index contributed by atoms with van der Waals surface area (Å²) >= 11 is 0. The molecule has 1 aromatic carbocycles. The first-order chi connectivity index (χ1) is 10.4. The van der Waals surface area contributed by atoms with Gasteiger partial charge in [-0.15, -0.1) is 0 Å². The van der Waals surface area contributed by atoms with Crippen molar-refractivity contribution in [2.24, 2.45) is 0 Å². The van der Waals surface area contributed by atoms with Crippen molar-refractivity contribution in [1.82, 2.24) is 4.31 Å². The van der Waals surface area contributed by atoms with Crippen LogP contribution in [0.4, 0.5) is 5.69 Å². The predicted octanol–water partition coefficient (Wildman–Crippen LogP) is 1.07. The first-order valence-electron chi connectivity index (χ1n) is 7.05. The van der Waals surface area contributed by atoms with Crippen molar-refractivity contribution < 1.29 is 22.7 Å². The van der Waals surface area contributed by atoms with Crippen LogP contribution in [0.15, 0.2) is 18.2 Å². The van der Waals surface area contributed by atoms with Crippen LogP contribution in [-0.2, 0) is 14.8 Å². The van der Waals surface area contributed by atoms with E-state index in [1.807, 2.05) is 6.92 Å². The molecule has 0 aromatic heterocycles. The molecule has 0 atom stereocenters. The van der Waals surface area contributed by atoms with Crippen LogP contribution in [0.25, 0.3) is 0 Å². The van der Waals surface area contributed by atoms with Crippen molar-refractivity contribution in [2.45, 2.75) is 13.3 Å². The lowest BCUT2D eigenvalue weighted by Gasteiger charge is -2.20. The molecule has 0 saturated carbocycles. The topological polar surface area (TPSA) is 84.9 Å². The number of carbonyl (C=O) groups is 1. The van der Waals surface area contributed by atoms with Crippen LogP contribution >= 0.6 is 0 Å². The summed E-state index contributed by atoms with van der Waals surface area (Å²) in [7, 11) is -3.40. The van der Waals surface area contributed by atoms with Crippen molar-refractivity contribution in [3.05, 3.63) is 18.2 Å². The molecular formula is C14H20N2O5S. The lowest BCUT2D eigenvalue weighted by molar-refractivity contribution is -0.116. The molecule has 0 aliphatic carbocycles. The molecular weight excluding hydrogens is 308 g/mol.